The van der Waals surface area contributed by atoms with Crippen LogP contribution in [0.25, 0.3) is 11.3 Å². The number of hydrogen-bond acceptors (Lipinski definition) is 2. The summed E-state index contributed by atoms with van der Waals surface area (Å²) in [6, 6.07) is 12.5. The molecule has 1 aliphatic rings. The van der Waals surface area contributed by atoms with Gasteiger partial charge in [0.2, 0.25) is 0 Å². The van der Waals surface area contributed by atoms with Crippen LogP contribution in [0.1, 0.15) is 44.3 Å². The molecule has 112 valence electrons. The lowest BCUT2D eigenvalue weighted by Crippen LogP contribution is -2.27. The van der Waals surface area contributed by atoms with Crippen molar-refractivity contribution < 1.29 is 4.42 Å². The smallest absolute Gasteiger partial charge is 0.134 e. The molecule has 0 amide bonds. The molecule has 1 aromatic heterocycles. The van der Waals surface area contributed by atoms with Crippen LogP contribution in [0.5, 0.6) is 0 Å². The normalized spacial score (nSPS) is 16.8. The zero-order chi connectivity index (χ0) is 14.5. The van der Waals surface area contributed by atoms with E-state index in [0.717, 1.165) is 28.7 Å². The first-order valence-electron chi connectivity index (χ1n) is 7.89. The average molecular weight is 304 g/mol. The number of rotatable bonds is 4. The summed E-state index contributed by atoms with van der Waals surface area (Å²) in [4.78, 5) is 0. The lowest BCUT2D eigenvalue weighted by molar-refractivity contribution is 0.420. The standard InChI is InChI=1S/C18H22ClNO/c19-15-9-7-14(8-10-15)18-12-11-17(21-18)13-20-16-5-3-1-2-4-6-16/h7-12,16,20H,1-6,13H2. The van der Waals surface area contributed by atoms with Gasteiger partial charge in [0.1, 0.15) is 11.5 Å². The number of hydrogen-bond donors (Lipinski definition) is 1. The molecule has 1 heterocycles. The van der Waals surface area contributed by atoms with Gasteiger partial charge in [-0.3, -0.25) is 0 Å². The van der Waals surface area contributed by atoms with Crippen LogP contribution in [-0.2, 0) is 6.54 Å². The summed E-state index contributed by atoms with van der Waals surface area (Å²) < 4.78 is 5.93. The van der Waals surface area contributed by atoms with Gasteiger partial charge in [-0.25, -0.2) is 0 Å². The van der Waals surface area contributed by atoms with Gasteiger partial charge in [0.15, 0.2) is 0 Å². The monoisotopic (exact) mass is 303 g/mol. The summed E-state index contributed by atoms with van der Waals surface area (Å²) in [5.41, 5.74) is 1.07. The molecule has 3 heteroatoms. The third-order valence-corrected chi connectivity index (χ3v) is 4.46. The third-order valence-electron chi connectivity index (χ3n) is 4.21. The van der Waals surface area contributed by atoms with E-state index in [2.05, 4.69) is 11.4 Å². The highest BCUT2D eigenvalue weighted by Crippen LogP contribution is 2.24. The Balaban J connectivity index is 1.58. The Morgan fingerprint density at radius 2 is 1.67 bits per heavy atom. The van der Waals surface area contributed by atoms with Crippen molar-refractivity contribution in [1.82, 2.24) is 5.32 Å². The Bertz CT molecular complexity index is 553. The van der Waals surface area contributed by atoms with Crippen molar-refractivity contribution in [3.63, 3.8) is 0 Å². The highest BCUT2D eigenvalue weighted by Gasteiger charge is 2.12. The molecule has 0 atom stereocenters. The van der Waals surface area contributed by atoms with Gasteiger partial charge in [-0.2, -0.15) is 0 Å². The maximum absolute atomic E-state index is 5.93. The zero-order valence-electron chi connectivity index (χ0n) is 12.3. The van der Waals surface area contributed by atoms with Crippen LogP contribution in [0.2, 0.25) is 5.02 Å². The average Bonchev–Trinajstić information content (AvgIpc) is 2.81. The Kier molecular flexibility index (Phi) is 5.00. The van der Waals surface area contributed by atoms with Crippen LogP contribution in [0.3, 0.4) is 0 Å². The van der Waals surface area contributed by atoms with Gasteiger partial charge >= 0.3 is 0 Å². The van der Waals surface area contributed by atoms with Crippen molar-refractivity contribution in [2.75, 3.05) is 0 Å². The van der Waals surface area contributed by atoms with Crippen LogP contribution in [0.4, 0.5) is 0 Å². The first-order chi connectivity index (χ1) is 10.3. The minimum atomic E-state index is 0.650. The molecule has 0 saturated heterocycles. The minimum absolute atomic E-state index is 0.650. The van der Waals surface area contributed by atoms with Gasteiger partial charge in [0.05, 0.1) is 6.54 Å². The van der Waals surface area contributed by atoms with E-state index in [1.807, 2.05) is 30.3 Å². The molecule has 3 rings (SSSR count). The van der Waals surface area contributed by atoms with Crippen molar-refractivity contribution >= 4 is 11.6 Å². The number of furan rings is 1. The highest BCUT2D eigenvalue weighted by molar-refractivity contribution is 6.30. The predicted octanol–water partition coefficient (Wildman–Crippen LogP) is 5.41. The summed E-state index contributed by atoms with van der Waals surface area (Å²) in [7, 11) is 0. The first kappa shape index (κ1) is 14.7. The van der Waals surface area contributed by atoms with Crippen LogP contribution in [-0.4, -0.2) is 6.04 Å². The van der Waals surface area contributed by atoms with Crippen molar-refractivity contribution in [2.45, 2.75) is 51.1 Å². The molecule has 0 radical (unpaired) electrons. The summed E-state index contributed by atoms with van der Waals surface area (Å²) in [5, 5.41) is 4.39. The quantitative estimate of drug-likeness (QED) is 0.764. The maximum atomic E-state index is 5.93. The molecule has 1 saturated carbocycles. The molecule has 1 fully saturated rings. The SMILES string of the molecule is Clc1ccc(-c2ccc(CNC3CCCCCC3)o2)cc1. The number of halogens is 1. The van der Waals surface area contributed by atoms with Crippen LogP contribution in [0.15, 0.2) is 40.8 Å². The lowest BCUT2D eigenvalue weighted by Gasteiger charge is -2.14. The second kappa shape index (κ2) is 7.15. The van der Waals surface area contributed by atoms with E-state index in [4.69, 9.17) is 16.0 Å². The third kappa shape index (κ3) is 4.12. The first-order valence-corrected chi connectivity index (χ1v) is 8.27. The fourth-order valence-corrected chi connectivity index (χ4v) is 3.10. The summed E-state index contributed by atoms with van der Waals surface area (Å²) >= 11 is 5.91. The van der Waals surface area contributed by atoms with Crippen molar-refractivity contribution in [1.29, 1.82) is 0 Å². The molecule has 2 nitrogen and oxygen atoms in total. The largest absolute Gasteiger partial charge is 0.460 e. The Hall–Kier alpha value is -1.25. The highest BCUT2D eigenvalue weighted by atomic mass is 35.5. The molecule has 0 aliphatic heterocycles. The zero-order valence-corrected chi connectivity index (χ0v) is 13.0. The second-order valence-corrected chi connectivity index (χ2v) is 6.28. The Morgan fingerprint density at radius 3 is 2.38 bits per heavy atom. The molecular formula is C18H22ClNO. The van der Waals surface area contributed by atoms with Gasteiger partial charge in [0.25, 0.3) is 0 Å². The molecule has 21 heavy (non-hydrogen) atoms. The topological polar surface area (TPSA) is 25.2 Å². The minimum Gasteiger partial charge on any atom is -0.460 e. The van der Waals surface area contributed by atoms with Crippen LogP contribution < -0.4 is 5.32 Å². The fourth-order valence-electron chi connectivity index (χ4n) is 2.97. The van der Waals surface area contributed by atoms with Crippen LogP contribution >= 0.6 is 11.6 Å². The molecular weight excluding hydrogens is 282 g/mol. The molecule has 1 N–H and O–H groups in total. The fraction of sp³-hybridized carbons (Fsp3) is 0.444. The lowest BCUT2D eigenvalue weighted by atomic mass is 10.1. The van der Waals surface area contributed by atoms with E-state index in [-0.39, 0.29) is 0 Å². The predicted molar refractivity (Wildman–Crippen MR) is 87.5 cm³/mol. The number of nitrogens with one attached hydrogen (secondary N) is 1. The molecule has 0 bridgehead atoms. The summed E-state index contributed by atoms with van der Waals surface area (Å²) in [6.45, 7) is 0.818. The van der Waals surface area contributed by atoms with E-state index < -0.39 is 0 Å². The van der Waals surface area contributed by atoms with Crippen molar-refractivity contribution in [3.8, 4) is 11.3 Å². The maximum Gasteiger partial charge on any atom is 0.134 e. The Morgan fingerprint density at radius 1 is 0.952 bits per heavy atom. The molecule has 2 aromatic rings. The van der Waals surface area contributed by atoms with Gasteiger partial charge in [-0.05, 0) is 49.2 Å². The second-order valence-electron chi connectivity index (χ2n) is 5.84. The number of benzene rings is 1. The van der Waals surface area contributed by atoms with Crippen molar-refractivity contribution in [2.24, 2.45) is 0 Å². The van der Waals surface area contributed by atoms with Crippen molar-refractivity contribution in [3.05, 3.63) is 47.2 Å². The van der Waals surface area contributed by atoms with E-state index in [0.29, 0.717) is 6.04 Å². The van der Waals surface area contributed by atoms with E-state index >= 15 is 0 Å². The van der Waals surface area contributed by atoms with Crippen LogP contribution in [0, 0.1) is 0 Å². The summed E-state index contributed by atoms with van der Waals surface area (Å²) in [6.07, 6.45) is 8.08. The molecule has 1 aliphatic carbocycles. The van der Waals surface area contributed by atoms with E-state index in [1.165, 1.54) is 38.5 Å². The van der Waals surface area contributed by atoms with Gasteiger partial charge < -0.3 is 9.73 Å². The van der Waals surface area contributed by atoms with Gasteiger partial charge in [0, 0.05) is 16.6 Å². The Labute approximate surface area is 131 Å². The van der Waals surface area contributed by atoms with E-state index in [1.54, 1.807) is 0 Å². The molecule has 0 spiro atoms. The van der Waals surface area contributed by atoms with E-state index in [9.17, 15) is 0 Å². The molecule has 0 unspecified atom stereocenters. The summed E-state index contributed by atoms with van der Waals surface area (Å²) in [5.74, 6) is 1.91. The van der Waals surface area contributed by atoms with Gasteiger partial charge in [-0.1, -0.05) is 37.3 Å². The van der Waals surface area contributed by atoms with Gasteiger partial charge in [-0.15, -0.1) is 0 Å². The molecule has 1 aromatic carbocycles.